The fourth-order valence-electron chi connectivity index (χ4n) is 2.52. The number of hydrogen-bond acceptors (Lipinski definition) is 3. The molecule has 1 aliphatic heterocycles. The highest BCUT2D eigenvalue weighted by atomic mass is 16.1. The van der Waals surface area contributed by atoms with Crippen molar-refractivity contribution in [2.45, 2.75) is 45.4 Å². The van der Waals surface area contributed by atoms with Crippen molar-refractivity contribution in [1.29, 1.82) is 0 Å². The van der Waals surface area contributed by atoms with E-state index in [4.69, 9.17) is 0 Å². The van der Waals surface area contributed by atoms with E-state index in [0.717, 1.165) is 45.1 Å². The zero-order valence-corrected chi connectivity index (χ0v) is 12.7. The Kier molecular flexibility index (Phi) is 8.84. The Morgan fingerprint density at radius 3 is 2.74 bits per heavy atom. The summed E-state index contributed by atoms with van der Waals surface area (Å²) in [6.45, 7) is 7.31. The monoisotopic (exact) mass is 269 g/mol. The van der Waals surface area contributed by atoms with Crippen LogP contribution >= 0.6 is 0 Å². The van der Waals surface area contributed by atoms with Crippen molar-refractivity contribution in [2.24, 2.45) is 5.92 Å². The molecule has 0 radical (unpaired) electrons. The molecule has 1 heterocycles. The van der Waals surface area contributed by atoms with Crippen LogP contribution in [0.3, 0.4) is 0 Å². The average Bonchev–Trinajstić information content (AvgIpc) is 2.44. The van der Waals surface area contributed by atoms with Gasteiger partial charge in [0.2, 0.25) is 5.91 Å². The van der Waals surface area contributed by atoms with Crippen LogP contribution in [0.25, 0.3) is 0 Å². The number of nitrogens with one attached hydrogen (secondary N) is 2. The van der Waals surface area contributed by atoms with Crippen LogP contribution in [0.5, 0.6) is 0 Å². The molecule has 1 fully saturated rings. The lowest BCUT2D eigenvalue weighted by Crippen LogP contribution is -2.34. The minimum atomic E-state index is 0.224. The minimum Gasteiger partial charge on any atom is -0.355 e. The molecule has 0 unspecified atom stereocenters. The summed E-state index contributed by atoms with van der Waals surface area (Å²) >= 11 is 0. The van der Waals surface area contributed by atoms with Gasteiger partial charge in [0, 0.05) is 19.5 Å². The van der Waals surface area contributed by atoms with E-state index in [0.29, 0.717) is 6.42 Å². The number of carbonyl (C=O) groups excluding carboxylic acids is 1. The van der Waals surface area contributed by atoms with Gasteiger partial charge in [0.05, 0.1) is 0 Å². The Bertz CT molecular complexity index is 240. The van der Waals surface area contributed by atoms with Crippen LogP contribution in [0.4, 0.5) is 0 Å². The van der Waals surface area contributed by atoms with E-state index in [1.54, 1.807) is 0 Å². The summed E-state index contributed by atoms with van der Waals surface area (Å²) in [4.78, 5) is 14.0. The molecule has 0 bridgehead atoms. The third kappa shape index (κ3) is 8.22. The Hall–Kier alpha value is -0.610. The number of piperidine rings is 1. The molecule has 0 aliphatic carbocycles. The zero-order chi connectivity index (χ0) is 13.9. The molecule has 0 aromatic rings. The van der Waals surface area contributed by atoms with E-state index < -0.39 is 0 Å². The maximum Gasteiger partial charge on any atom is 0.220 e. The van der Waals surface area contributed by atoms with Gasteiger partial charge < -0.3 is 15.5 Å². The van der Waals surface area contributed by atoms with Gasteiger partial charge in [0.1, 0.15) is 0 Å². The molecule has 0 saturated carbocycles. The van der Waals surface area contributed by atoms with E-state index in [2.05, 4.69) is 29.5 Å². The summed E-state index contributed by atoms with van der Waals surface area (Å²) in [5.41, 5.74) is 0. The van der Waals surface area contributed by atoms with Crippen LogP contribution < -0.4 is 10.6 Å². The largest absolute Gasteiger partial charge is 0.355 e. The highest BCUT2D eigenvalue weighted by molar-refractivity contribution is 5.75. The van der Waals surface area contributed by atoms with E-state index in [1.807, 2.05) is 0 Å². The topological polar surface area (TPSA) is 44.4 Å². The van der Waals surface area contributed by atoms with Crippen molar-refractivity contribution in [3.8, 4) is 0 Å². The molecular formula is C15H31N3O. The molecule has 1 rings (SSSR count). The third-order valence-electron chi connectivity index (χ3n) is 3.95. The summed E-state index contributed by atoms with van der Waals surface area (Å²) < 4.78 is 0. The normalized spacial score (nSPS) is 16.8. The standard InChI is InChI=1S/C15H31N3O/c1-3-4-12-18(2)13-11-17-15(19)6-5-14-7-9-16-10-8-14/h14,16H,3-13H2,1-2H3,(H,17,19). The van der Waals surface area contributed by atoms with Crippen LogP contribution in [-0.2, 0) is 4.79 Å². The van der Waals surface area contributed by atoms with Gasteiger partial charge in [-0.15, -0.1) is 0 Å². The first kappa shape index (κ1) is 16.4. The Morgan fingerprint density at radius 1 is 1.32 bits per heavy atom. The van der Waals surface area contributed by atoms with Crippen LogP contribution in [0.2, 0.25) is 0 Å². The molecule has 19 heavy (non-hydrogen) atoms. The molecule has 112 valence electrons. The van der Waals surface area contributed by atoms with Crippen molar-refractivity contribution in [3.63, 3.8) is 0 Å². The molecule has 0 aromatic carbocycles. The number of unbranched alkanes of at least 4 members (excludes halogenated alkanes) is 1. The Balaban J connectivity index is 1.98. The third-order valence-corrected chi connectivity index (χ3v) is 3.95. The van der Waals surface area contributed by atoms with E-state index in [9.17, 15) is 4.79 Å². The first-order valence-electron chi connectivity index (χ1n) is 7.88. The molecular weight excluding hydrogens is 238 g/mol. The van der Waals surface area contributed by atoms with Crippen molar-refractivity contribution in [2.75, 3.05) is 39.8 Å². The molecule has 0 atom stereocenters. The van der Waals surface area contributed by atoms with Crippen molar-refractivity contribution in [3.05, 3.63) is 0 Å². The Labute approximate surface area is 118 Å². The van der Waals surface area contributed by atoms with Crippen LogP contribution in [0.1, 0.15) is 45.4 Å². The molecule has 1 amide bonds. The van der Waals surface area contributed by atoms with Gasteiger partial charge >= 0.3 is 0 Å². The average molecular weight is 269 g/mol. The first-order chi connectivity index (χ1) is 9.22. The number of rotatable bonds is 9. The number of hydrogen-bond donors (Lipinski definition) is 2. The van der Waals surface area contributed by atoms with Gasteiger partial charge in [-0.05, 0) is 58.3 Å². The van der Waals surface area contributed by atoms with Crippen LogP contribution in [0.15, 0.2) is 0 Å². The van der Waals surface area contributed by atoms with Gasteiger partial charge in [-0.1, -0.05) is 13.3 Å². The van der Waals surface area contributed by atoms with Crippen molar-refractivity contribution < 1.29 is 4.79 Å². The fraction of sp³-hybridized carbons (Fsp3) is 0.933. The maximum absolute atomic E-state index is 11.7. The number of amides is 1. The molecule has 2 N–H and O–H groups in total. The summed E-state index contributed by atoms with van der Waals surface area (Å²) in [5.74, 6) is 0.974. The van der Waals surface area contributed by atoms with Crippen molar-refractivity contribution in [1.82, 2.24) is 15.5 Å². The minimum absolute atomic E-state index is 0.224. The molecule has 0 aromatic heterocycles. The maximum atomic E-state index is 11.7. The highest BCUT2D eigenvalue weighted by Crippen LogP contribution is 2.17. The van der Waals surface area contributed by atoms with E-state index in [-0.39, 0.29) is 5.91 Å². The summed E-state index contributed by atoms with van der Waals surface area (Å²) in [6.07, 6.45) is 6.68. The SMILES string of the molecule is CCCCN(C)CCNC(=O)CCC1CCNCC1. The van der Waals surface area contributed by atoms with Gasteiger partial charge in [-0.2, -0.15) is 0 Å². The predicted octanol–water partition coefficient (Wildman–Crippen LogP) is 1.61. The summed E-state index contributed by atoms with van der Waals surface area (Å²) in [6, 6.07) is 0. The molecule has 1 saturated heterocycles. The lowest BCUT2D eigenvalue weighted by atomic mass is 9.93. The quantitative estimate of drug-likeness (QED) is 0.668. The van der Waals surface area contributed by atoms with Gasteiger partial charge in [-0.3, -0.25) is 4.79 Å². The number of likely N-dealkylation sites (N-methyl/N-ethyl adjacent to an activating group) is 1. The second-order valence-electron chi connectivity index (χ2n) is 5.74. The van der Waals surface area contributed by atoms with Crippen LogP contribution in [-0.4, -0.2) is 50.6 Å². The van der Waals surface area contributed by atoms with Crippen molar-refractivity contribution >= 4 is 5.91 Å². The van der Waals surface area contributed by atoms with Crippen LogP contribution in [0, 0.1) is 5.92 Å². The lowest BCUT2D eigenvalue weighted by molar-refractivity contribution is -0.121. The molecule has 4 nitrogen and oxygen atoms in total. The van der Waals surface area contributed by atoms with E-state index >= 15 is 0 Å². The van der Waals surface area contributed by atoms with Gasteiger partial charge in [0.15, 0.2) is 0 Å². The zero-order valence-electron chi connectivity index (χ0n) is 12.7. The highest BCUT2D eigenvalue weighted by Gasteiger charge is 2.14. The van der Waals surface area contributed by atoms with Gasteiger partial charge in [0.25, 0.3) is 0 Å². The summed E-state index contributed by atoms with van der Waals surface area (Å²) in [7, 11) is 2.12. The lowest BCUT2D eigenvalue weighted by Gasteiger charge is -2.22. The smallest absolute Gasteiger partial charge is 0.220 e. The summed E-state index contributed by atoms with van der Waals surface area (Å²) in [5, 5.41) is 6.39. The number of nitrogens with zero attached hydrogens (tertiary/aromatic N) is 1. The van der Waals surface area contributed by atoms with Gasteiger partial charge in [-0.25, -0.2) is 0 Å². The second kappa shape index (κ2) is 10.2. The number of carbonyl (C=O) groups is 1. The predicted molar refractivity (Wildman–Crippen MR) is 80.2 cm³/mol. The Morgan fingerprint density at radius 2 is 2.05 bits per heavy atom. The first-order valence-corrected chi connectivity index (χ1v) is 7.88. The second-order valence-corrected chi connectivity index (χ2v) is 5.74. The molecule has 4 heteroatoms. The fourth-order valence-corrected chi connectivity index (χ4v) is 2.52. The van der Waals surface area contributed by atoms with E-state index in [1.165, 1.54) is 25.7 Å². The molecule has 0 spiro atoms. The molecule has 1 aliphatic rings.